The third-order valence-corrected chi connectivity index (χ3v) is 2.77. The molecule has 0 spiro atoms. The van der Waals surface area contributed by atoms with Gasteiger partial charge in [0.25, 0.3) is 0 Å². The molecule has 1 N–H and O–H groups in total. The second kappa shape index (κ2) is 4.46. The van der Waals surface area contributed by atoms with Gasteiger partial charge in [0.05, 0.1) is 12.6 Å². The molecule has 1 aliphatic heterocycles. The quantitative estimate of drug-likeness (QED) is 0.663. The minimum absolute atomic E-state index is 0.420. The summed E-state index contributed by atoms with van der Waals surface area (Å²) in [5.74, 6) is 2.52. The SMILES string of the molecule is C#CCNC1(C#N)CCN(C(C)C)C1. The Balaban J connectivity index is 2.59. The summed E-state index contributed by atoms with van der Waals surface area (Å²) in [4.78, 5) is 2.30. The van der Waals surface area contributed by atoms with E-state index in [4.69, 9.17) is 11.7 Å². The normalized spacial score (nSPS) is 27.5. The Kier molecular flexibility index (Phi) is 3.52. The van der Waals surface area contributed by atoms with Crippen molar-refractivity contribution in [1.29, 1.82) is 5.26 Å². The minimum atomic E-state index is -0.420. The summed E-state index contributed by atoms with van der Waals surface area (Å²) >= 11 is 0. The van der Waals surface area contributed by atoms with Crippen LogP contribution in [-0.2, 0) is 0 Å². The highest BCUT2D eigenvalue weighted by atomic mass is 15.2. The average Bonchev–Trinajstić information content (AvgIpc) is 2.60. The standard InChI is InChI=1S/C11H17N3/c1-4-6-13-11(8-12)5-7-14(9-11)10(2)3/h1,10,13H,5-7,9H2,2-3H3. The highest BCUT2D eigenvalue weighted by Crippen LogP contribution is 2.22. The number of nitrogens with zero attached hydrogens (tertiary/aromatic N) is 2. The van der Waals surface area contributed by atoms with Gasteiger partial charge in [-0.25, -0.2) is 0 Å². The predicted molar refractivity (Wildman–Crippen MR) is 56.5 cm³/mol. The molecule has 3 heteroatoms. The maximum atomic E-state index is 9.13. The summed E-state index contributed by atoms with van der Waals surface area (Å²) in [6.07, 6.45) is 6.04. The Bertz CT molecular complexity index is 271. The zero-order valence-electron chi connectivity index (χ0n) is 8.88. The second-order valence-electron chi connectivity index (χ2n) is 4.07. The van der Waals surface area contributed by atoms with E-state index in [0.717, 1.165) is 19.5 Å². The highest BCUT2D eigenvalue weighted by molar-refractivity contribution is 5.14. The third kappa shape index (κ3) is 2.26. The molecule has 0 aromatic rings. The molecule has 0 saturated carbocycles. The minimum Gasteiger partial charge on any atom is -0.298 e. The van der Waals surface area contributed by atoms with Crippen LogP contribution in [0, 0.1) is 23.7 Å². The first kappa shape index (κ1) is 11.0. The molecule has 0 aliphatic carbocycles. The van der Waals surface area contributed by atoms with Gasteiger partial charge < -0.3 is 0 Å². The molecule has 1 heterocycles. The van der Waals surface area contributed by atoms with E-state index in [-0.39, 0.29) is 0 Å². The van der Waals surface area contributed by atoms with Crippen LogP contribution in [0.15, 0.2) is 0 Å². The van der Waals surface area contributed by atoms with E-state index in [9.17, 15) is 0 Å². The molecule has 76 valence electrons. The monoisotopic (exact) mass is 191 g/mol. The van der Waals surface area contributed by atoms with Crippen molar-refractivity contribution in [2.45, 2.75) is 31.8 Å². The molecule has 0 aromatic carbocycles. The molecule has 0 bridgehead atoms. The van der Waals surface area contributed by atoms with Gasteiger partial charge in [0.1, 0.15) is 5.54 Å². The van der Waals surface area contributed by atoms with Crippen LogP contribution in [-0.4, -0.2) is 36.1 Å². The summed E-state index contributed by atoms with van der Waals surface area (Å²) in [7, 11) is 0. The van der Waals surface area contributed by atoms with Crippen LogP contribution in [0.2, 0.25) is 0 Å². The summed E-state index contributed by atoms with van der Waals surface area (Å²) in [5, 5.41) is 12.3. The first-order valence-corrected chi connectivity index (χ1v) is 4.97. The van der Waals surface area contributed by atoms with Crippen molar-refractivity contribution >= 4 is 0 Å². The number of rotatable bonds is 3. The van der Waals surface area contributed by atoms with Gasteiger partial charge in [-0.2, -0.15) is 5.26 Å². The van der Waals surface area contributed by atoms with Crippen LogP contribution in [0.4, 0.5) is 0 Å². The van der Waals surface area contributed by atoms with Crippen LogP contribution in [0.1, 0.15) is 20.3 Å². The Morgan fingerprint density at radius 2 is 2.36 bits per heavy atom. The second-order valence-corrected chi connectivity index (χ2v) is 4.07. The molecular weight excluding hydrogens is 174 g/mol. The molecular formula is C11H17N3. The zero-order chi connectivity index (χ0) is 10.6. The van der Waals surface area contributed by atoms with Crippen LogP contribution in [0.3, 0.4) is 0 Å². The van der Waals surface area contributed by atoms with Crippen molar-refractivity contribution in [3.05, 3.63) is 0 Å². The van der Waals surface area contributed by atoms with Gasteiger partial charge in [-0.1, -0.05) is 5.92 Å². The fourth-order valence-corrected chi connectivity index (χ4v) is 1.78. The Labute approximate surface area is 86.1 Å². The third-order valence-electron chi connectivity index (χ3n) is 2.77. The van der Waals surface area contributed by atoms with Crippen molar-refractivity contribution in [2.75, 3.05) is 19.6 Å². The zero-order valence-corrected chi connectivity index (χ0v) is 8.88. The van der Waals surface area contributed by atoms with E-state index in [1.165, 1.54) is 0 Å². The van der Waals surface area contributed by atoms with Crippen molar-refractivity contribution in [3.8, 4) is 18.4 Å². The molecule has 1 unspecified atom stereocenters. The van der Waals surface area contributed by atoms with E-state index in [0.29, 0.717) is 12.6 Å². The summed E-state index contributed by atoms with van der Waals surface area (Å²) in [5.41, 5.74) is -0.420. The summed E-state index contributed by atoms with van der Waals surface area (Å²) in [6.45, 7) is 6.52. The smallest absolute Gasteiger partial charge is 0.121 e. The molecule has 0 aromatic heterocycles. The van der Waals surface area contributed by atoms with Gasteiger partial charge >= 0.3 is 0 Å². The lowest BCUT2D eigenvalue weighted by Gasteiger charge is -2.24. The van der Waals surface area contributed by atoms with Gasteiger partial charge in [0.15, 0.2) is 0 Å². The van der Waals surface area contributed by atoms with E-state index < -0.39 is 5.54 Å². The number of nitriles is 1. The lowest BCUT2D eigenvalue weighted by atomic mass is 10.0. The molecule has 1 atom stereocenters. The number of hydrogen-bond donors (Lipinski definition) is 1. The number of likely N-dealkylation sites (tertiary alicyclic amines) is 1. The fourth-order valence-electron chi connectivity index (χ4n) is 1.78. The van der Waals surface area contributed by atoms with Crippen molar-refractivity contribution in [3.63, 3.8) is 0 Å². The van der Waals surface area contributed by atoms with Gasteiger partial charge in [0.2, 0.25) is 0 Å². The van der Waals surface area contributed by atoms with Crippen LogP contribution >= 0.6 is 0 Å². The fraction of sp³-hybridized carbons (Fsp3) is 0.727. The van der Waals surface area contributed by atoms with Crippen molar-refractivity contribution in [2.24, 2.45) is 0 Å². The van der Waals surface area contributed by atoms with Crippen LogP contribution in [0.25, 0.3) is 0 Å². The first-order chi connectivity index (χ1) is 6.63. The Hall–Kier alpha value is -1.03. The predicted octanol–water partition coefficient (Wildman–Crippen LogP) is 0.586. The number of hydrogen-bond acceptors (Lipinski definition) is 3. The molecule has 0 amide bonds. The molecule has 0 radical (unpaired) electrons. The van der Waals surface area contributed by atoms with E-state index >= 15 is 0 Å². The maximum absolute atomic E-state index is 9.13. The van der Waals surface area contributed by atoms with Crippen LogP contribution in [0.5, 0.6) is 0 Å². The van der Waals surface area contributed by atoms with E-state index in [1.807, 2.05) is 0 Å². The van der Waals surface area contributed by atoms with Gasteiger partial charge in [-0.15, -0.1) is 6.42 Å². The topological polar surface area (TPSA) is 39.1 Å². The lowest BCUT2D eigenvalue weighted by Crippen LogP contribution is -2.47. The maximum Gasteiger partial charge on any atom is 0.121 e. The van der Waals surface area contributed by atoms with Gasteiger partial charge in [-0.05, 0) is 20.3 Å². The van der Waals surface area contributed by atoms with Gasteiger partial charge in [-0.3, -0.25) is 10.2 Å². The van der Waals surface area contributed by atoms with Gasteiger partial charge in [0, 0.05) is 19.1 Å². The molecule has 1 fully saturated rings. The molecule has 3 nitrogen and oxygen atoms in total. The van der Waals surface area contributed by atoms with Crippen LogP contribution < -0.4 is 5.32 Å². The first-order valence-electron chi connectivity index (χ1n) is 4.97. The Morgan fingerprint density at radius 1 is 1.64 bits per heavy atom. The van der Waals surface area contributed by atoms with Crippen molar-refractivity contribution < 1.29 is 0 Å². The van der Waals surface area contributed by atoms with E-state index in [2.05, 4.69) is 36.1 Å². The lowest BCUT2D eigenvalue weighted by molar-refractivity contribution is 0.259. The Morgan fingerprint density at radius 3 is 2.79 bits per heavy atom. The number of terminal acetylenes is 1. The molecule has 1 rings (SSSR count). The largest absolute Gasteiger partial charge is 0.298 e. The summed E-state index contributed by atoms with van der Waals surface area (Å²) in [6, 6.07) is 2.85. The summed E-state index contributed by atoms with van der Waals surface area (Å²) < 4.78 is 0. The number of nitrogens with one attached hydrogen (secondary N) is 1. The molecule has 14 heavy (non-hydrogen) atoms. The molecule has 1 saturated heterocycles. The van der Waals surface area contributed by atoms with E-state index in [1.54, 1.807) is 0 Å². The molecule has 1 aliphatic rings. The average molecular weight is 191 g/mol. The van der Waals surface area contributed by atoms with Crippen molar-refractivity contribution in [1.82, 2.24) is 10.2 Å². The highest BCUT2D eigenvalue weighted by Gasteiger charge is 2.38.